The van der Waals surface area contributed by atoms with E-state index >= 15 is 0 Å². The fraction of sp³-hybridized carbons (Fsp3) is 0.308. The van der Waals surface area contributed by atoms with Crippen LogP contribution < -0.4 is 5.73 Å². The first-order valence-corrected chi connectivity index (χ1v) is 5.98. The Balaban J connectivity index is 2.55. The first-order valence-electron chi connectivity index (χ1n) is 5.60. The van der Waals surface area contributed by atoms with E-state index in [2.05, 4.69) is 5.10 Å². The van der Waals surface area contributed by atoms with Crippen LogP contribution >= 0.6 is 11.6 Å². The maximum Gasteiger partial charge on any atom is 0.124 e. The number of halogens is 2. The zero-order valence-corrected chi connectivity index (χ0v) is 11.3. The van der Waals surface area contributed by atoms with Crippen LogP contribution in [0.4, 0.5) is 10.1 Å². The second kappa shape index (κ2) is 4.28. The summed E-state index contributed by atoms with van der Waals surface area (Å²) in [6.07, 6.45) is 1.76. The van der Waals surface area contributed by atoms with E-state index in [-0.39, 0.29) is 11.4 Å². The maximum atomic E-state index is 13.0. The molecular formula is C13H15ClFN3. The van der Waals surface area contributed by atoms with Crippen LogP contribution in [-0.4, -0.2) is 9.78 Å². The number of hydrogen-bond donors (Lipinski definition) is 1. The maximum absolute atomic E-state index is 13.0. The highest BCUT2D eigenvalue weighted by Gasteiger charge is 2.19. The summed E-state index contributed by atoms with van der Waals surface area (Å²) in [6, 6.07) is 4.19. The molecule has 0 radical (unpaired) electrons. The number of anilines is 1. The van der Waals surface area contributed by atoms with E-state index in [4.69, 9.17) is 17.3 Å². The minimum absolute atomic E-state index is 0.168. The number of nitrogens with zero attached hydrogens (tertiary/aromatic N) is 2. The second-order valence-electron chi connectivity index (χ2n) is 5.17. The van der Waals surface area contributed by atoms with Crippen molar-refractivity contribution in [1.82, 2.24) is 9.78 Å². The largest absolute Gasteiger partial charge is 0.396 e. The molecule has 0 aliphatic heterocycles. The molecule has 3 nitrogen and oxygen atoms in total. The predicted octanol–water partition coefficient (Wildman–Crippen LogP) is 3.68. The smallest absolute Gasteiger partial charge is 0.124 e. The quantitative estimate of drug-likeness (QED) is 0.857. The van der Waals surface area contributed by atoms with Gasteiger partial charge in [0.1, 0.15) is 11.5 Å². The molecule has 2 rings (SSSR count). The number of hydrogen-bond acceptors (Lipinski definition) is 2. The molecule has 2 N–H and O–H groups in total. The molecule has 0 unspecified atom stereocenters. The third-order valence-electron chi connectivity index (χ3n) is 2.62. The Kier molecular flexibility index (Phi) is 3.07. The van der Waals surface area contributed by atoms with Gasteiger partial charge in [0.25, 0.3) is 0 Å². The van der Waals surface area contributed by atoms with Gasteiger partial charge < -0.3 is 5.73 Å². The lowest BCUT2D eigenvalue weighted by atomic mass is 10.1. The van der Waals surface area contributed by atoms with Crippen molar-refractivity contribution in [3.63, 3.8) is 0 Å². The lowest BCUT2D eigenvalue weighted by Gasteiger charge is -2.18. The standard InChI is InChI=1S/C13H15ClFN3/c1-13(2,3)18-7-11(16)12(17-18)9-5-4-8(15)6-10(9)14/h4-7H,16H2,1-3H3. The molecule has 0 aliphatic carbocycles. The van der Waals surface area contributed by atoms with Crippen molar-refractivity contribution in [1.29, 1.82) is 0 Å². The van der Waals surface area contributed by atoms with E-state index in [9.17, 15) is 4.39 Å². The highest BCUT2D eigenvalue weighted by molar-refractivity contribution is 6.33. The number of nitrogen functional groups attached to an aromatic ring is 1. The summed E-state index contributed by atoms with van der Waals surface area (Å²) < 4.78 is 14.8. The lowest BCUT2D eigenvalue weighted by molar-refractivity contribution is 0.356. The summed E-state index contributed by atoms with van der Waals surface area (Å²) in [5.41, 5.74) is 7.52. The Hall–Kier alpha value is -1.55. The van der Waals surface area contributed by atoms with Gasteiger partial charge in [-0.25, -0.2) is 4.39 Å². The molecule has 0 aliphatic rings. The predicted molar refractivity (Wildman–Crippen MR) is 72.0 cm³/mol. The van der Waals surface area contributed by atoms with Crippen molar-refractivity contribution in [2.75, 3.05) is 5.73 Å². The molecule has 0 saturated heterocycles. The first kappa shape index (κ1) is 12.9. The van der Waals surface area contributed by atoms with Gasteiger partial charge in [-0.05, 0) is 39.0 Å². The zero-order chi connectivity index (χ0) is 13.5. The van der Waals surface area contributed by atoms with E-state index in [1.807, 2.05) is 20.8 Å². The number of aromatic nitrogens is 2. The molecule has 0 spiro atoms. The van der Waals surface area contributed by atoms with Crippen LogP contribution in [0.25, 0.3) is 11.3 Å². The topological polar surface area (TPSA) is 43.8 Å². The second-order valence-corrected chi connectivity index (χ2v) is 5.58. The molecule has 18 heavy (non-hydrogen) atoms. The first-order chi connectivity index (χ1) is 8.29. The molecule has 1 aromatic heterocycles. The summed E-state index contributed by atoms with van der Waals surface area (Å²) in [5, 5.41) is 4.73. The minimum Gasteiger partial charge on any atom is -0.396 e. The summed E-state index contributed by atoms with van der Waals surface area (Å²) in [5.74, 6) is -0.377. The average molecular weight is 268 g/mol. The third kappa shape index (κ3) is 2.34. The zero-order valence-electron chi connectivity index (χ0n) is 10.5. The van der Waals surface area contributed by atoms with Crippen molar-refractivity contribution >= 4 is 17.3 Å². The van der Waals surface area contributed by atoms with E-state index < -0.39 is 0 Å². The monoisotopic (exact) mass is 267 g/mol. The SMILES string of the molecule is CC(C)(C)n1cc(N)c(-c2ccc(F)cc2Cl)n1. The molecular weight excluding hydrogens is 253 g/mol. The van der Waals surface area contributed by atoms with Crippen LogP contribution in [0, 0.1) is 5.82 Å². The molecule has 1 aromatic carbocycles. The Labute approximate surface area is 110 Å². The average Bonchev–Trinajstić information content (AvgIpc) is 2.60. The van der Waals surface area contributed by atoms with Gasteiger partial charge in [0, 0.05) is 11.8 Å². The molecule has 96 valence electrons. The van der Waals surface area contributed by atoms with Gasteiger partial charge in [-0.15, -0.1) is 0 Å². The molecule has 5 heteroatoms. The number of nitrogens with two attached hydrogens (primary N) is 1. The number of benzene rings is 1. The van der Waals surface area contributed by atoms with Crippen LogP contribution in [0.3, 0.4) is 0 Å². The molecule has 1 heterocycles. The molecule has 2 aromatic rings. The van der Waals surface area contributed by atoms with Gasteiger partial charge in [-0.2, -0.15) is 5.10 Å². The summed E-state index contributed by atoms with van der Waals surface area (Å²) in [4.78, 5) is 0. The summed E-state index contributed by atoms with van der Waals surface area (Å²) in [6.45, 7) is 6.07. The highest BCUT2D eigenvalue weighted by Crippen LogP contribution is 2.32. The summed E-state index contributed by atoms with van der Waals surface area (Å²) in [7, 11) is 0. The van der Waals surface area contributed by atoms with Crippen molar-refractivity contribution in [2.24, 2.45) is 0 Å². The Morgan fingerprint density at radius 3 is 2.50 bits per heavy atom. The van der Waals surface area contributed by atoms with Gasteiger partial charge in [0.05, 0.1) is 16.2 Å². The van der Waals surface area contributed by atoms with Gasteiger partial charge in [-0.1, -0.05) is 11.6 Å². The minimum atomic E-state index is -0.377. The third-order valence-corrected chi connectivity index (χ3v) is 2.93. The Morgan fingerprint density at radius 1 is 1.33 bits per heavy atom. The van der Waals surface area contributed by atoms with Crippen LogP contribution in [0.2, 0.25) is 5.02 Å². The summed E-state index contributed by atoms with van der Waals surface area (Å²) >= 11 is 6.01. The van der Waals surface area contributed by atoms with Crippen LogP contribution in [-0.2, 0) is 5.54 Å². The Morgan fingerprint density at radius 2 is 2.00 bits per heavy atom. The van der Waals surface area contributed by atoms with Crippen LogP contribution in [0.5, 0.6) is 0 Å². The molecule has 0 amide bonds. The van der Waals surface area contributed by atoms with Gasteiger partial charge >= 0.3 is 0 Å². The fourth-order valence-corrected chi connectivity index (χ4v) is 1.88. The molecule has 0 saturated carbocycles. The number of rotatable bonds is 1. The van der Waals surface area contributed by atoms with E-state index in [0.717, 1.165) is 0 Å². The molecule has 0 bridgehead atoms. The van der Waals surface area contributed by atoms with E-state index in [1.54, 1.807) is 16.9 Å². The van der Waals surface area contributed by atoms with Crippen LogP contribution in [0.15, 0.2) is 24.4 Å². The van der Waals surface area contributed by atoms with Crippen molar-refractivity contribution in [3.8, 4) is 11.3 Å². The van der Waals surface area contributed by atoms with Gasteiger partial charge in [0.2, 0.25) is 0 Å². The molecule has 0 fully saturated rings. The van der Waals surface area contributed by atoms with Crippen molar-refractivity contribution in [3.05, 3.63) is 35.2 Å². The Bertz CT molecular complexity index is 584. The van der Waals surface area contributed by atoms with Gasteiger partial charge in [0.15, 0.2) is 0 Å². The molecule has 0 atom stereocenters. The normalized spacial score (nSPS) is 11.8. The highest BCUT2D eigenvalue weighted by atomic mass is 35.5. The van der Waals surface area contributed by atoms with E-state index in [0.29, 0.717) is 22.0 Å². The fourth-order valence-electron chi connectivity index (χ4n) is 1.62. The lowest BCUT2D eigenvalue weighted by Crippen LogP contribution is -2.22. The van der Waals surface area contributed by atoms with Crippen molar-refractivity contribution in [2.45, 2.75) is 26.3 Å². The van der Waals surface area contributed by atoms with Crippen LogP contribution in [0.1, 0.15) is 20.8 Å². The van der Waals surface area contributed by atoms with E-state index in [1.165, 1.54) is 12.1 Å². The van der Waals surface area contributed by atoms with Crippen molar-refractivity contribution < 1.29 is 4.39 Å². The van der Waals surface area contributed by atoms with Gasteiger partial charge in [-0.3, -0.25) is 4.68 Å².